The highest BCUT2D eigenvalue weighted by Crippen LogP contribution is 2.25. The molecule has 4 rings (SSSR count). The molecule has 26 heavy (non-hydrogen) atoms. The maximum Gasteiger partial charge on any atom is 0.352 e. The molecule has 0 amide bonds. The Morgan fingerprint density at radius 1 is 1.15 bits per heavy atom. The van der Waals surface area contributed by atoms with E-state index in [9.17, 15) is 9.90 Å². The number of thiazole rings is 1. The fourth-order valence-electron chi connectivity index (χ4n) is 3.02. The lowest BCUT2D eigenvalue weighted by molar-refractivity contribution is -0.670. The molecule has 4 aromatic rings. The lowest BCUT2D eigenvalue weighted by Gasteiger charge is -2.07. The van der Waals surface area contributed by atoms with E-state index in [0.717, 1.165) is 16.8 Å². The molecule has 0 fully saturated rings. The van der Waals surface area contributed by atoms with Gasteiger partial charge in [-0.25, -0.2) is 4.79 Å². The SMILES string of the molecule is Cc1c(O)[n+](Cc2cccc(Cl)c2)c2scc(-c3ccccc3)n2c1=O. The zero-order valence-electron chi connectivity index (χ0n) is 14.0. The second-order valence-electron chi connectivity index (χ2n) is 6.07. The van der Waals surface area contributed by atoms with E-state index in [2.05, 4.69) is 0 Å². The highest BCUT2D eigenvalue weighted by molar-refractivity contribution is 7.15. The zero-order chi connectivity index (χ0) is 18.3. The maximum absolute atomic E-state index is 12.8. The van der Waals surface area contributed by atoms with Crippen molar-refractivity contribution in [1.82, 2.24) is 4.40 Å². The lowest BCUT2D eigenvalue weighted by atomic mass is 10.2. The van der Waals surface area contributed by atoms with E-state index in [1.807, 2.05) is 60.0 Å². The normalized spacial score (nSPS) is 11.2. The molecule has 0 radical (unpaired) electrons. The van der Waals surface area contributed by atoms with Crippen LogP contribution in [-0.4, -0.2) is 9.51 Å². The van der Waals surface area contributed by atoms with Gasteiger partial charge in [-0.2, -0.15) is 4.57 Å². The number of halogens is 1. The van der Waals surface area contributed by atoms with Gasteiger partial charge in [0.2, 0.25) is 0 Å². The van der Waals surface area contributed by atoms with Crippen molar-refractivity contribution in [2.24, 2.45) is 0 Å². The van der Waals surface area contributed by atoms with E-state index in [1.54, 1.807) is 15.9 Å². The van der Waals surface area contributed by atoms with Crippen LogP contribution in [-0.2, 0) is 6.54 Å². The molecule has 0 unspecified atom stereocenters. The molecule has 0 saturated heterocycles. The molecule has 2 aromatic heterocycles. The van der Waals surface area contributed by atoms with Gasteiger partial charge in [0.1, 0.15) is 12.1 Å². The lowest BCUT2D eigenvalue weighted by Crippen LogP contribution is -2.40. The molecule has 0 aliphatic rings. The second kappa shape index (κ2) is 6.59. The van der Waals surface area contributed by atoms with Gasteiger partial charge in [-0.3, -0.25) is 0 Å². The summed E-state index contributed by atoms with van der Waals surface area (Å²) < 4.78 is 3.42. The van der Waals surface area contributed by atoms with Crippen LogP contribution in [0.3, 0.4) is 0 Å². The van der Waals surface area contributed by atoms with Crippen molar-refractivity contribution in [3.63, 3.8) is 0 Å². The summed E-state index contributed by atoms with van der Waals surface area (Å²) in [6.07, 6.45) is 0. The first-order chi connectivity index (χ1) is 12.6. The van der Waals surface area contributed by atoms with E-state index >= 15 is 0 Å². The van der Waals surface area contributed by atoms with Crippen molar-refractivity contribution >= 4 is 27.9 Å². The summed E-state index contributed by atoms with van der Waals surface area (Å²) in [6.45, 7) is 2.07. The van der Waals surface area contributed by atoms with Gasteiger partial charge in [-0.1, -0.05) is 65.4 Å². The van der Waals surface area contributed by atoms with Crippen molar-refractivity contribution in [2.45, 2.75) is 13.5 Å². The Kier molecular flexibility index (Phi) is 4.26. The number of aromatic nitrogens is 2. The minimum atomic E-state index is -0.208. The Balaban J connectivity index is 1.97. The number of fused-ring (bicyclic) bond motifs is 1. The standard InChI is InChI=1S/C20H15ClN2O2S/c1-13-18(24)22(11-14-6-5-9-16(21)10-14)20-23(19(13)25)17(12-26-20)15-7-3-2-4-8-15/h2-10,12H,11H2,1H3/p+1. The molecular formula is C20H16ClN2O2S+. The highest BCUT2D eigenvalue weighted by atomic mass is 35.5. The van der Waals surface area contributed by atoms with Crippen LogP contribution in [0.1, 0.15) is 11.1 Å². The van der Waals surface area contributed by atoms with Crippen LogP contribution in [0.4, 0.5) is 0 Å². The number of nitrogens with zero attached hydrogens (tertiary/aromatic N) is 2. The average Bonchev–Trinajstić information content (AvgIpc) is 3.09. The van der Waals surface area contributed by atoms with Gasteiger partial charge in [0.25, 0.3) is 5.88 Å². The molecule has 2 heterocycles. The molecule has 130 valence electrons. The number of rotatable bonds is 3. The first-order valence-corrected chi connectivity index (χ1v) is 9.37. The third kappa shape index (κ3) is 2.79. The van der Waals surface area contributed by atoms with Crippen molar-refractivity contribution in [3.8, 4) is 17.1 Å². The van der Waals surface area contributed by atoms with Crippen molar-refractivity contribution in [3.05, 3.63) is 86.5 Å². The summed E-state index contributed by atoms with van der Waals surface area (Å²) in [5.41, 5.74) is 2.84. The van der Waals surface area contributed by atoms with Crippen LogP contribution in [0.2, 0.25) is 5.02 Å². The smallest absolute Gasteiger partial charge is 0.352 e. The van der Waals surface area contributed by atoms with Crippen molar-refractivity contribution in [2.75, 3.05) is 0 Å². The van der Waals surface area contributed by atoms with Gasteiger partial charge in [0, 0.05) is 16.0 Å². The molecule has 0 saturated carbocycles. The van der Waals surface area contributed by atoms with Gasteiger partial charge >= 0.3 is 10.5 Å². The number of hydrogen-bond acceptors (Lipinski definition) is 3. The van der Waals surface area contributed by atoms with Crippen molar-refractivity contribution < 1.29 is 9.67 Å². The topological polar surface area (TPSA) is 45.6 Å². The van der Waals surface area contributed by atoms with E-state index < -0.39 is 0 Å². The Labute approximate surface area is 159 Å². The van der Waals surface area contributed by atoms with Crippen LogP contribution in [0.5, 0.6) is 5.88 Å². The Bertz CT molecular complexity index is 1170. The first-order valence-electron chi connectivity index (χ1n) is 8.12. The van der Waals surface area contributed by atoms with E-state index in [4.69, 9.17) is 11.6 Å². The molecular weight excluding hydrogens is 368 g/mol. The molecule has 2 aromatic carbocycles. The van der Waals surface area contributed by atoms with Crippen LogP contribution >= 0.6 is 22.9 Å². The number of hydrogen-bond donors (Lipinski definition) is 1. The monoisotopic (exact) mass is 383 g/mol. The van der Waals surface area contributed by atoms with Gasteiger partial charge in [0.05, 0.1) is 0 Å². The molecule has 4 nitrogen and oxygen atoms in total. The van der Waals surface area contributed by atoms with Gasteiger partial charge < -0.3 is 5.11 Å². The molecule has 0 aliphatic carbocycles. The van der Waals surface area contributed by atoms with E-state index in [1.165, 1.54) is 11.3 Å². The Morgan fingerprint density at radius 3 is 2.65 bits per heavy atom. The van der Waals surface area contributed by atoms with Gasteiger partial charge in [-0.15, -0.1) is 4.40 Å². The molecule has 1 N–H and O–H groups in total. The van der Waals surface area contributed by atoms with E-state index in [-0.39, 0.29) is 11.4 Å². The molecule has 0 bridgehead atoms. The molecule has 6 heteroatoms. The summed E-state index contributed by atoms with van der Waals surface area (Å²) in [6, 6.07) is 17.3. The second-order valence-corrected chi connectivity index (χ2v) is 7.35. The van der Waals surface area contributed by atoms with Crippen LogP contribution in [0.15, 0.2) is 64.8 Å². The minimum absolute atomic E-state index is 0.0172. The third-order valence-corrected chi connectivity index (χ3v) is 5.54. The largest absolute Gasteiger partial charge is 0.477 e. The Hall–Kier alpha value is -2.63. The van der Waals surface area contributed by atoms with Gasteiger partial charge in [0.15, 0.2) is 5.69 Å². The first kappa shape index (κ1) is 16.8. The van der Waals surface area contributed by atoms with Crippen LogP contribution < -0.4 is 10.1 Å². The third-order valence-electron chi connectivity index (χ3n) is 4.35. The highest BCUT2D eigenvalue weighted by Gasteiger charge is 2.26. The molecule has 0 atom stereocenters. The fraction of sp³-hybridized carbons (Fsp3) is 0.100. The quantitative estimate of drug-likeness (QED) is 0.543. The summed E-state index contributed by atoms with van der Waals surface area (Å²) >= 11 is 7.51. The average molecular weight is 384 g/mol. The summed E-state index contributed by atoms with van der Waals surface area (Å²) in [4.78, 5) is 13.5. The molecule has 0 aliphatic heterocycles. The predicted molar refractivity (Wildman–Crippen MR) is 104 cm³/mol. The number of benzene rings is 2. The summed E-state index contributed by atoms with van der Waals surface area (Å²) in [5, 5.41) is 13.2. The summed E-state index contributed by atoms with van der Waals surface area (Å²) in [5.74, 6) is -0.0172. The number of aromatic hydroxyl groups is 1. The van der Waals surface area contributed by atoms with Crippen molar-refractivity contribution in [1.29, 1.82) is 0 Å². The van der Waals surface area contributed by atoms with Crippen LogP contribution in [0.25, 0.3) is 16.2 Å². The van der Waals surface area contributed by atoms with Gasteiger partial charge in [-0.05, 0) is 24.6 Å². The van der Waals surface area contributed by atoms with Crippen LogP contribution in [0, 0.1) is 6.92 Å². The molecule has 0 spiro atoms. The fourth-order valence-corrected chi connectivity index (χ4v) is 4.26. The Morgan fingerprint density at radius 2 is 1.92 bits per heavy atom. The maximum atomic E-state index is 12.8. The minimum Gasteiger partial charge on any atom is -0.477 e. The van der Waals surface area contributed by atoms with E-state index in [0.29, 0.717) is 22.1 Å². The predicted octanol–water partition coefficient (Wildman–Crippen LogP) is 4.03. The summed E-state index contributed by atoms with van der Waals surface area (Å²) in [7, 11) is 0. The zero-order valence-corrected chi connectivity index (χ0v) is 15.6.